The summed E-state index contributed by atoms with van der Waals surface area (Å²) >= 11 is 0. The van der Waals surface area contributed by atoms with Gasteiger partial charge in [-0.05, 0) is 24.8 Å². The molecule has 1 unspecified atom stereocenters. The van der Waals surface area contributed by atoms with Crippen LogP contribution in [0.2, 0.25) is 0 Å². The highest BCUT2D eigenvalue weighted by atomic mass is 16.5. The summed E-state index contributed by atoms with van der Waals surface area (Å²) < 4.78 is 5.08. The maximum absolute atomic E-state index is 11.5. The van der Waals surface area contributed by atoms with E-state index in [2.05, 4.69) is 5.32 Å². The molecule has 5 nitrogen and oxygen atoms in total. The van der Waals surface area contributed by atoms with Gasteiger partial charge in [-0.3, -0.25) is 4.79 Å². The quantitative estimate of drug-likeness (QED) is 0.673. The number of carboxylic acid groups (broad SMARTS) is 1. The molecule has 1 atom stereocenters. The number of carbonyl (C=O) groups excluding carboxylic acids is 1. The number of carboxylic acids is 1. The van der Waals surface area contributed by atoms with Crippen molar-refractivity contribution in [1.82, 2.24) is 5.32 Å². The fourth-order valence-corrected chi connectivity index (χ4v) is 1.76. The fraction of sp³-hybridized carbons (Fsp3) is 0.467. The first-order valence-electron chi connectivity index (χ1n) is 6.77. The lowest BCUT2D eigenvalue weighted by Gasteiger charge is -2.14. The average molecular weight is 279 g/mol. The van der Waals surface area contributed by atoms with Crippen LogP contribution >= 0.6 is 0 Å². The third-order valence-electron chi connectivity index (χ3n) is 2.78. The highest BCUT2D eigenvalue weighted by Crippen LogP contribution is 2.05. The van der Waals surface area contributed by atoms with E-state index in [1.54, 1.807) is 0 Å². The molecule has 110 valence electrons. The number of amides is 1. The highest BCUT2D eigenvalue weighted by Gasteiger charge is 2.19. The summed E-state index contributed by atoms with van der Waals surface area (Å²) in [5, 5.41) is 11.6. The van der Waals surface area contributed by atoms with Crippen LogP contribution in [0.25, 0.3) is 0 Å². The van der Waals surface area contributed by atoms with Crippen LogP contribution in [0, 0.1) is 0 Å². The zero-order valence-corrected chi connectivity index (χ0v) is 11.7. The number of aryl methyl sites for hydroxylation is 1. The van der Waals surface area contributed by atoms with E-state index in [1.807, 2.05) is 37.3 Å². The van der Waals surface area contributed by atoms with Crippen molar-refractivity contribution >= 4 is 11.9 Å². The Balaban J connectivity index is 2.40. The van der Waals surface area contributed by atoms with Crippen LogP contribution in [0.3, 0.4) is 0 Å². The van der Waals surface area contributed by atoms with Gasteiger partial charge in [-0.2, -0.15) is 0 Å². The van der Waals surface area contributed by atoms with Gasteiger partial charge in [0.15, 0.2) is 0 Å². The number of ether oxygens (including phenoxy) is 1. The lowest BCUT2D eigenvalue weighted by atomic mass is 10.1. The molecule has 1 aromatic carbocycles. The Morgan fingerprint density at radius 1 is 1.30 bits per heavy atom. The van der Waals surface area contributed by atoms with Gasteiger partial charge in [0.2, 0.25) is 5.91 Å². The van der Waals surface area contributed by atoms with Crippen molar-refractivity contribution in [2.24, 2.45) is 0 Å². The predicted molar refractivity (Wildman–Crippen MR) is 75.4 cm³/mol. The van der Waals surface area contributed by atoms with Crippen LogP contribution in [0.1, 0.15) is 25.3 Å². The average Bonchev–Trinajstić information content (AvgIpc) is 2.44. The van der Waals surface area contributed by atoms with Gasteiger partial charge in [-0.15, -0.1) is 0 Å². The minimum atomic E-state index is -1.02. The van der Waals surface area contributed by atoms with Crippen molar-refractivity contribution < 1.29 is 19.4 Å². The van der Waals surface area contributed by atoms with E-state index in [9.17, 15) is 9.59 Å². The topological polar surface area (TPSA) is 75.6 Å². The van der Waals surface area contributed by atoms with Crippen LogP contribution in [-0.2, 0) is 20.7 Å². The Morgan fingerprint density at radius 3 is 2.60 bits per heavy atom. The summed E-state index contributed by atoms with van der Waals surface area (Å²) in [6.07, 6.45) is 1.79. The first kappa shape index (κ1) is 16.2. The van der Waals surface area contributed by atoms with Crippen molar-refractivity contribution in [2.45, 2.75) is 32.2 Å². The zero-order valence-electron chi connectivity index (χ0n) is 11.7. The molecular weight excluding hydrogens is 258 g/mol. The Kier molecular flexibility index (Phi) is 7.35. The molecule has 0 spiro atoms. The Morgan fingerprint density at radius 2 is 2.00 bits per heavy atom. The lowest BCUT2D eigenvalue weighted by molar-refractivity contribution is -0.142. The summed E-state index contributed by atoms with van der Waals surface area (Å²) in [5.41, 5.74) is 1.05. The first-order valence-corrected chi connectivity index (χ1v) is 6.77. The molecular formula is C15H21NO4. The van der Waals surface area contributed by atoms with Gasteiger partial charge < -0.3 is 15.2 Å². The first-order chi connectivity index (χ1) is 9.63. The molecule has 20 heavy (non-hydrogen) atoms. The third-order valence-corrected chi connectivity index (χ3v) is 2.78. The molecule has 0 aromatic heterocycles. The monoisotopic (exact) mass is 279 g/mol. The SMILES string of the molecule is CCCOCC(=O)NC(CCc1ccccc1)C(=O)O. The Hall–Kier alpha value is -1.88. The second-order valence-corrected chi connectivity index (χ2v) is 4.54. The molecule has 0 aliphatic carbocycles. The number of aliphatic carboxylic acids is 1. The van der Waals surface area contributed by atoms with Gasteiger partial charge in [0.25, 0.3) is 0 Å². The van der Waals surface area contributed by atoms with Crippen molar-refractivity contribution in [2.75, 3.05) is 13.2 Å². The molecule has 0 saturated heterocycles. The molecule has 0 aliphatic heterocycles. The number of nitrogens with one attached hydrogen (secondary N) is 1. The van der Waals surface area contributed by atoms with Gasteiger partial charge in [0.1, 0.15) is 12.6 Å². The van der Waals surface area contributed by atoms with E-state index in [0.717, 1.165) is 12.0 Å². The molecule has 0 fully saturated rings. The molecule has 1 aromatic rings. The van der Waals surface area contributed by atoms with Gasteiger partial charge in [0.05, 0.1) is 0 Å². The standard InChI is InChI=1S/C15H21NO4/c1-2-10-20-11-14(17)16-13(15(18)19)9-8-12-6-4-3-5-7-12/h3-7,13H,2,8-11H2,1H3,(H,16,17)(H,18,19). The molecule has 0 heterocycles. The van der Waals surface area contributed by atoms with E-state index >= 15 is 0 Å². The molecule has 0 aliphatic rings. The van der Waals surface area contributed by atoms with Crippen LogP contribution in [0.5, 0.6) is 0 Å². The molecule has 0 bridgehead atoms. The highest BCUT2D eigenvalue weighted by molar-refractivity contribution is 5.84. The number of hydrogen-bond donors (Lipinski definition) is 2. The van der Waals surface area contributed by atoms with Crippen molar-refractivity contribution in [3.63, 3.8) is 0 Å². The maximum Gasteiger partial charge on any atom is 0.326 e. The minimum Gasteiger partial charge on any atom is -0.480 e. The third kappa shape index (κ3) is 6.33. The summed E-state index contributed by atoms with van der Waals surface area (Å²) in [6.45, 7) is 2.34. The number of rotatable bonds is 9. The van der Waals surface area contributed by atoms with Gasteiger partial charge >= 0.3 is 5.97 Å². The maximum atomic E-state index is 11.5. The smallest absolute Gasteiger partial charge is 0.326 e. The largest absolute Gasteiger partial charge is 0.480 e. The zero-order chi connectivity index (χ0) is 14.8. The molecule has 1 rings (SSSR count). The van der Waals surface area contributed by atoms with Crippen LogP contribution in [0.4, 0.5) is 0 Å². The summed E-state index contributed by atoms with van der Waals surface area (Å²) in [4.78, 5) is 22.7. The van der Waals surface area contributed by atoms with Crippen LogP contribution in [0.15, 0.2) is 30.3 Å². The van der Waals surface area contributed by atoms with Gasteiger partial charge in [-0.25, -0.2) is 4.79 Å². The van der Waals surface area contributed by atoms with Crippen LogP contribution in [-0.4, -0.2) is 36.2 Å². The Bertz CT molecular complexity index is 419. The fourth-order valence-electron chi connectivity index (χ4n) is 1.76. The van der Waals surface area contributed by atoms with Gasteiger partial charge in [-0.1, -0.05) is 37.3 Å². The number of benzene rings is 1. The Labute approximate surface area is 118 Å². The summed E-state index contributed by atoms with van der Waals surface area (Å²) in [5.74, 6) is -1.41. The van der Waals surface area contributed by atoms with Gasteiger partial charge in [0, 0.05) is 6.61 Å². The number of hydrogen-bond acceptors (Lipinski definition) is 3. The van der Waals surface area contributed by atoms with E-state index < -0.39 is 12.0 Å². The van der Waals surface area contributed by atoms with E-state index in [1.165, 1.54) is 0 Å². The summed E-state index contributed by atoms with van der Waals surface area (Å²) in [7, 11) is 0. The van der Waals surface area contributed by atoms with Crippen molar-refractivity contribution in [3.05, 3.63) is 35.9 Å². The minimum absolute atomic E-state index is 0.0943. The molecule has 0 saturated carbocycles. The normalized spacial score (nSPS) is 11.8. The predicted octanol–water partition coefficient (Wildman–Crippen LogP) is 1.62. The second-order valence-electron chi connectivity index (χ2n) is 4.54. The second kappa shape index (κ2) is 9.09. The van der Waals surface area contributed by atoms with E-state index in [0.29, 0.717) is 19.4 Å². The molecule has 5 heteroatoms. The molecule has 2 N–H and O–H groups in total. The molecule has 1 amide bonds. The van der Waals surface area contributed by atoms with Crippen molar-refractivity contribution in [3.8, 4) is 0 Å². The van der Waals surface area contributed by atoms with E-state index in [4.69, 9.17) is 9.84 Å². The summed E-state index contributed by atoms with van der Waals surface area (Å²) in [6, 6.07) is 8.71. The van der Waals surface area contributed by atoms with Crippen molar-refractivity contribution in [1.29, 1.82) is 0 Å². The number of carbonyl (C=O) groups is 2. The molecule has 0 radical (unpaired) electrons. The lowest BCUT2D eigenvalue weighted by Crippen LogP contribution is -2.42. The van der Waals surface area contributed by atoms with Crippen LogP contribution < -0.4 is 5.32 Å². The van der Waals surface area contributed by atoms with E-state index in [-0.39, 0.29) is 12.5 Å².